The molecule has 0 aliphatic carbocycles. The van der Waals surface area contributed by atoms with Crippen LogP contribution in [0, 0.1) is 0 Å². The van der Waals surface area contributed by atoms with Gasteiger partial charge in [-0.25, -0.2) is 0 Å². The summed E-state index contributed by atoms with van der Waals surface area (Å²) in [4.78, 5) is 25.0. The second-order valence-corrected chi connectivity index (χ2v) is 4.95. The SMILES string of the molecule is CCCCC(=O)Nc1ccc2c(c1)CCC(=O)N2C. The van der Waals surface area contributed by atoms with Crippen LogP contribution >= 0.6 is 0 Å². The lowest BCUT2D eigenvalue weighted by Gasteiger charge is -2.26. The van der Waals surface area contributed by atoms with E-state index >= 15 is 0 Å². The quantitative estimate of drug-likeness (QED) is 0.905. The molecule has 4 nitrogen and oxygen atoms in total. The van der Waals surface area contributed by atoms with Gasteiger partial charge in [-0.15, -0.1) is 0 Å². The molecule has 4 heteroatoms. The van der Waals surface area contributed by atoms with Crippen molar-refractivity contribution in [1.82, 2.24) is 0 Å². The van der Waals surface area contributed by atoms with E-state index < -0.39 is 0 Å². The molecule has 1 aliphatic heterocycles. The predicted octanol–water partition coefficient (Wildman–Crippen LogP) is 2.72. The highest BCUT2D eigenvalue weighted by molar-refractivity contribution is 5.97. The smallest absolute Gasteiger partial charge is 0.227 e. The summed E-state index contributed by atoms with van der Waals surface area (Å²) in [5.74, 6) is 0.203. The molecule has 0 saturated carbocycles. The number of rotatable bonds is 4. The van der Waals surface area contributed by atoms with Crippen molar-refractivity contribution < 1.29 is 9.59 Å². The Labute approximate surface area is 113 Å². The maximum Gasteiger partial charge on any atom is 0.227 e. The summed E-state index contributed by atoms with van der Waals surface area (Å²) in [7, 11) is 1.79. The van der Waals surface area contributed by atoms with E-state index in [1.807, 2.05) is 18.2 Å². The number of unbranched alkanes of at least 4 members (excludes halogenated alkanes) is 1. The minimum absolute atomic E-state index is 0.0574. The van der Waals surface area contributed by atoms with Gasteiger partial charge >= 0.3 is 0 Å². The predicted molar refractivity (Wildman–Crippen MR) is 76.3 cm³/mol. The summed E-state index contributed by atoms with van der Waals surface area (Å²) in [6.07, 6.45) is 3.78. The molecule has 0 fully saturated rings. The zero-order valence-corrected chi connectivity index (χ0v) is 11.5. The highest BCUT2D eigenvalue weighted by atomic mass is 16.2. The van der Waals surface area contributed by atoms with Gasteiger partial charge in [0, 0.05) is 31.3 Å². The topological polar surface area (TPSA) is 49.4 Å². The van der Waals surface area contributed by atoms with Crippen molar-refractivity contribution in [2.24, 2.45) is 0 Å². The first kappa shape index (κ1) is 13.6. The lowest BCUT2D eigenvalue weighted by molar-refractivity contribution is -0.118. The molecule has 1 aromatic carbocycles. The van der Waals surface area contributed by atoms with Crippen LogP contribution in [0.5, 0.6) is 0 Å². The van der Waals surface area contributed by atoms with Crippen LogP contribution in [0.4, 0.5) is 11.4 Å². The monoisotopic (exact) mass is 260 g/mol. The van der Waals surface area contributed by atoms with Gasteiger partial charge < -0.3 is 10.2 Å². The van der Waals surface area contributed by atoms with E-state index in [1.54, 1.807) is 11.9 Å². The van der Waals surface area contributed by atoms with Crippen LogP contribution in [0.25, 0.3) is 0 Å². The van der Waals surface area contributed by atoms with Crippen molar-refractivity contribution in [3.63, 3.8) is 0 Å². The number of carbonyl (C=O) groups excluding carboxylic acids is 2. The van der Waals surface area contributed by atoms with Crippen LogP contribution < -0.4 is 10.2 Å². The van der Waals surface area contributed by atoms with Crippen molar-refractivity contribution in [2.75, 3.05) is 17.3 Å². The van der Waals surface area contributed by atoms with Gasteiger partial charge in [-0.05, 0) is 36.6 Å². The summed E-state index contributed by atoms with van der Waals surface area (Å²) in [6, 6.07) is 5.74. The van der Waals surface area contributed by atoms with E-state index in [4.69, 9.17) is 0 Å². The molecule has 0 bridgehead atoms. The van der Waals surface area contributed by atoms with Crippen molar-refractivity contribution in [3.05, 3.63) is 23.8 Å². The molecule has 2 amide bonds. The molecule has 1 N–H and O–H groups in total. The summed E-state index contributed by atoms with van der Waals surface area (Å²) < 4.78 is 0. The largest absolute Gasteiger partial charge is 0.326 e. The first-order valence-corrected chi connectivity index (χ1v) is 6.81. The number of amides is 2. The number of benzene rings is 1. The molecule has 2 rings (SSSR count). The number of hydrogen-bond acceptors (Lipinski definition) is 2. The van der Waals surface area contributed by atoms with E-state index in [0.29, 0.717) is 12.8 Å². The lowest BCUT2D eigenvalue weighted by Crippen LogP contribution is -2.31. The first-order valence-electron chi connectivity index (χ1n) is 6.81. The van der Waals surface area contributed by atoms with E-state index in [2.05, 4.69) is 12.2 Å². The number of anilines is 2. The Bertz CT molecular complexity index is 497. The molecule has 102 valence electrons. The number of aryl methyl sites for hydroxylation is 1. The van der Waals surface area contributed by atoms with Crippen molar-refractivity contribution >= 4 is 23.2 Å². The standard InChI is InChI=1S/C15H20N2O2/c1-3-4-5-14(18)16-12-7-8-13-11(10-12)6-9-15(19)17(13)2/h7-8,10H,3-6,9H2,1-2H3,(H,16,18). The minimum atomic E-state index is 0.0574. The number of nitrogens with zero attached hydrogens (tertiary/aromatic N) is 1. The fraction of sp³-hybridized carbons (Fsp3) is 0.467. The zero-order valence-electron chi connectivity index (χ0n) is 11.5. The second-order valence-electron chi connectivity index (χ2n) is 4.95. The van der Waals surface area contributed by atoms with Gasteiger partial charge in [0.25, 0.3) is 0 Å². The third-order valence-corrected chi connectivity index (χ3v) is 3.46. The van der Waals surface area contributed by atoms with E-state index in [0.717, 1.165) is 36.2 Å². The van der Waals surface area contributed by atoms with Gasteiger partial charge in [-0.1, -0.05) is 13.3 Å². The minimum Gasteiger partial charge on any atom is -0.326 e. The number of nitrogens with one attached hydrogen (secondary N) is 1. The molecule has 0 unspecified atom stereocenters. The second kappa shape index (κ2) is 5.87. The van der Waals surface area contributed by atoms with Crippen LogP contribution in [0.1, 0.15) is 38.2 Å². The van der Waals surface area contributed by atoms with Crippen molar-refractivity contribution in [3.8, 4) is 0 Å². The Morgan fingerprint density at radius 2 is 2.16 bits per heavy atom. The van der Waals surface area contributed by atoms with E-state index in [1.165, 1.54) is 0 Å². The number of hydrogen-bond donors (Lipinski definition) is 1. The molecular formula is C15H20N2O2. The molecule has 0 saturated heterocycles. The highest BCUT2D eigenvalue weighted by Crippen LogP contribution is 2.29. The number of fused-ring (bicyclic) bond motifs is 1. The van der Waals surface area contributed by atoms with Crippen LogP contribution in [0.15, 0.2) is 18.2 Å². The molecule has 1 heterocycles. The van der Waals surface area contributed by atoms with Gasteiger partial charge in [0.1, 0.15) is 0 Å². The Balaban J connectivity index is 2.09. The van der Waals surface area contributed by atoms with E-state index in [9.17, 15) is 9.59 Å². The fourth-order valence-electron chi connectivity index (χ4n) is 2.30. The van der Waals surface area contributed by atoms with E-state index in [-0.39, 0.29) is 11.8 Å². The van der Waals surface area contributed by atoms with Crippen LogP contribution in [0.2, 0.25) is 0 Å². The molecule has 0 radical (unpaired) electrons. The molecule has 19 heavy (non-hydrogen) atoms. The van der Waals surface area contributed by atoms with Crippen LogP contribution in [-0.4, -0.2) is 18.9 Å². The fourth-order valence-corrected chi connectivity index (χ4v) is 2.30. The van der Waals surface area contributed by atoms with Crippen LogP contribution in [0.3, 0.4) is 0 Å². The summed E-state index contributed by atoms with van der Waals surface area (Å²) >= 11 is 0. The van der Waals surface area contributed by atoms with Crippen molar-refractivity contribution in [1.29, 1.82) is 0 Å². The maximum atomic E-state index is 11.7. The van der Waals surface area contributed by atoms with Gasteiger partial charge in [0.2, 0.25) is 11.8 Å². The van der Waals surface area contributed by atoms with Gasteiger partial charge in [-0.3, -0.25) is 9.59 Å². The summed E-state index contributed by atoms with van der Waals surface area (Å²) in [6.45, 7) is 2.07. The van der Waals surface area contributed by atoms with Gasteiger partial charge in [-0.2, -0.15) is 0 Å². The molecule has 1 aliphatic rings. The van der Waals surface area contributed by atoms with Gasteiger partial charge in [0.05, 0.1) is 0 Å². The lowest BCUT2D eigenvalue weighted by atomic mass is 10.0. The number of carbonyl (C=O) groups is 2. The molecule has 0 aromatic heterocycles. The molecular weight excluding hydrogens is 240 g/mol. The Morgan fingerprint density at radius 3 is 2.89 bits per heavy atom. The first-order chi connectivity index (χ1) is 9.11. The summed E-state index contributed by atoms with van der Waals surface area (Å²) in [5, 5.41) is 2.91. The Hall–Kier alpha value is -1.84. The third kappa shape index (κ3) is 3.13. The Kier molecular flexibility index (Phi) is 4.20. The van der Waals surface area contributed by atoms with Crippen molar-refractivity contribution in [2.45, 2.75) is 39.0 Å². The maximum absolute atomic E-state index is 11.7. The average Bonchev–Trinajstić information content (AvgIpc) is 2.41. The molecule has 1 aromatic rings. The normalized spacial score (nSPS) is 14.2. The van der Waals surface area contributed by atoms with Crippen LogP contribution in [-0.2, 0) is 16.0 Å². The average molecular weight is 260 g/mol. The highest BCUT2D eigenvalue weighted by Gasteiger charge is 2.20. The zero-order chi connectivity index (χ0) is 13.8. The Morgan fingerprint density at radius 1 is 1.37 bits per heavy atom. The third-order valence-electron chi connectivity index (χ3n) is 3.46. The summed E-state index contributed by atoms with van der Waals surface area (Å²) in [5.41, 5.74) is 2.89. The molecule has 0 spiro atoms. The van der Waals surface area contributed by atoms with Gasteiger partial charge in [0.15, 0.2) is 0 Å². The molecule has 0 atom stereocenters.